The fourth-order valence-corrected chi connectivity index (χ4v) is 1.89. The maximum absolute atomic E-state index is 6.10. The van der Waals surface area contributed by atoms with E-state index in [0.29, 0.717) is 10.8 Å². The molecule has 2 N–H and O–H groups in total. The Balaban J connectivity index is 2.48. The third-order valence-corrected chi connectivity index (χ3v) is 2.96. The lowest BCUT2D eigenvalue weighted by atomic mass is 10.2. The lowest BCUT2D eigenvalue weighted by molar-refractivity contribution is 1.08. The number of nitrogen functional groups attached to an aromatic ring is 1. The van der Waals surface area contributed by atoms with Gasteiger partial charge in [-0.2, -0.15) is 0 Å². The number of benzene rings is 1. The average Bonchev–Trinajstić information content (AvgIpc) is 2.32. The minimum Gasteiger partial charge on any atom is -0.382 e. The van der Waals surface area contributed by atoms with Crippen molar-refractivity contribution in [2.45, 2.75) is 6.92 Å². The molecule has 0 atom stereocenters. The van der Waals surface area contributed by atoms with Crippen LogP contribution in [0.25, 0.3) is 0 Å². The van der Waals surface area contributed by atoms with Gasteiger partial charge >= 0.3 is 0 Å². The second-order valence-electron chi connectivity index (χ2n) is 3.74. The monoisotopic (exact) mass is 248 g/mol. The third-order valence-electron chi connectivity index (χ3n) is 2.59. The minimum absolute atomic E-state index is 0.289. The van der Waals surface area contributed by atoms with Gasteiger partial charge in [-0.15, -0.1) is 0 Å². The van der Waals surface area contributed by atoms with Crippen LogP contribution in [-0.4, -0.2) is 17.0 Å². The Morgan fingerprint density at radius 3 is 2.65 bits per heavy atom. The van der Waals surface area contributed by atoms with Gasteiger partial charge in [0.25, 0.3) is 0 Å². The van der Waals surface area contributed by atoms with Gasteiger partial charge in [-0.25, -0.2) is 9.97 Å². The van der Waals surface area contributed by atoms with Crippen LogP contribution < -0.4 is 10.6 Å². The van der Waals surface area contributed by atoms with Gasteiger partial charge < -0.3 is 10.6 Å². The molecule has 1 aromatic heterocycles. The van der Waals surface area contributed by atoms with Crippen LogP contribution in [0.5, 0.6) is 0 Å². The zero-order chi connectivity index (χ0) is 12.4. The molecule has 0 aliphatic rings. The zero-order valence-corrected chi connectivity index (χ0v) is 10.4. The van der Waals surface area contributed by atoms with Crippen molar-refractivity contribution in [3.05, 3.63) is 41.2 Å². The first-order valence-corrected chi connectivity index (χ1v) is 5.54. The van der Waals surface area contributed by atoms with Gasteiger partial charge in [0.15, 0.2) is 5.82 Å². The van der Waals surface area contributed by atoms with Crippen LogP contribution in [0.15, 0.2) is 30.6 Å². The van der Waals surface area contributed by atoms with Crippen LogP contribution in [0.4, 0.5) is 17.3 Å². The molecule has 0 amide bonds. The molecule has 0 aliphatic carbocycles. The Morgan fingerprint density at radius 2 is 1.94 bits per heavy atom. The van der Waals surface area contributed by atoms with Gasteiger partial charge in [-0.3, -0.25) is 0 Å². The van der Waals surface area contributed by atoms with Crippen LogP contribution in [-0.2, 0) is 0 Å². The summed E-state index contributed by atoms with van der Waals surface area (Å²) >= 11 is 6.10. The molecule has 0 saturated heterocycles. The van der Waals surface area contributed by atoms with Crippen molar-refractivity contribution in [2.75, 3.05) is 17.7 Å². The molecule has 0 saturated carbocycles. The van der Waals surface area contributed by atoms with Gasteiger partial charge in [0.1, 0.15) is 17.2 Å². The number of halogens is 1. The Hall–Kier alpha value is -1.81. The number of hydrogen-bond donors (Lipinski definition) is 1. The molecule has 0 radical (unpaired) electrons. The van der Waals surface area contributed by atoms with Crippen molar-refractivity contribution >= 4 is 28.9 Å². The predicted molar refractivity (Wildman–Crippen MR) is 70.7 cm³/mol. The Kier molecular flexibility index (Phi) is 3.15. The summed E-state index contributed by atoms with van der Waals surface area (Å²) in [5.74, 6) is 0.894. The van der Waals surface area contributed by atoms with E-state index in [4.69, 9.17) is 17.3 Å². The molecule has 0 bridgehead atoms. The maximum atomic E-state index is 6.10. The summed E-state index contributed by atoms with van der Waals surface area (Å²) in [6, 6.07) is 7.99. The number of rotatable bonds is 2. The smallest absolute Gasteiger partial charge is 0.157 e. The Bertz CT molecular complexity index is 542. The first-order valence-electron chi connectivity index (χ1n) is 5.16. The SMILES string of the molecule is Cc1ccccc1N(C)c1ncnc(N)c1Cl. The molecule has 5 heteroatoms. The number of nitrogens with zero attached hydrogens (tertiary/aromatic N) is 3. The van der Waals surface area contributed by atoms with Crippen molar-refractivity contribution < 1.29 is 0 Å². The van der Waals surface area contributed by atoms with E-state index >= 15 is 0 Å². The summed E-state index contributed by atoms with van der Waals surface area (Å²) < 4.78 is 0. The molecule has 2 rings (SSSR count). The van der Waals surface area contributed by atoms with Crippen LogP contribution in [0, 0.1) is 6.92 Å². The molecular weight excluding hydrogens is 236 g/mol. The first-order chi connectivity index (χ1) is 8.11. The van der Waals surface area contributed by atoms with Gasteiger partial charge in [-0.1, -0.05) is 29.8 Å². The molecule has 0 fully saturated rings. The van der Waals surface area contributed by atoms with Crippen molar-refractivity contribution in [1.82, 2.24) is 9.97 Å². The number of hydrogen-bond acceptors (Lipinski definition) is 4. The Labute approximate surface area is 105 Å². The number of aromatic nitrogens is 2. The normalized spacial score (nSPS) is 10.3. The van der Waals surface area contributed by atoms with Gasteiger partial charge in [0.05, 0.1) is 0 Å². The fraction of sp³-hybridized carbons (Fsp3) is 0.167. The zero-order valence-electron chi connectivity index (χ0n) is 9.68. The van der Waals surface area contributed by atoms with E-state index < -0.39 is 0 Å². The Morgan fingerprint density at radius 1 is 1.24 bits per heavy atom. The number of nitrogens with two attached hydrogens (primary N) is 1. The highest BCUT2D eigenvalue weighted by Crippen LogP contribution is 2.32. The van der Waals surface area contributed by atoms with Crippen molar-refractivity contribution in [2.24, 2.45) is 0 Å². The second kappa shape index (κ2) is 4.59. The molecule has 0 aliphatic heterocycles. The standard InChI is InChI=1S/C12H13ClN4/c1-8-5-3-4-6-9(8)17(2)12-10(13)11(14)15-7-16-12/h3-7H,1-2H3,(H2,14,15,16). The molecule has 88 valence electrons. The van der Waals surface area contributed by atoms with E-state index in [0.717, 1.165) is 11.3 Å². The molecule has 4 nitrogen and oxygen atoms in total. The van der Waals surface area contributed by atoms with Crippen molar-refractivity contribution in [3.63, 3.8) is 0 Å². The van der Waals surface area contributed by atoms with Crippen molar-refractivity contribution in [1.29, 1.82) is 0 Å². The van der Waals surface area contributed by atoms with E-state index in [-0.39, 0.29) is 5.82 Å². The highest BCUT2D eigenvalue weighted by Gasteiger charge is 2.13. The first kappa shape index (κ1) is 11.7. The highest BCUT2D eigenvalue weighted by atomic mass is 35.5. The maximum Gasteiger partial charge on any atom is 0.157 e. The van der Waals surface area contributed by atoms with E-state index in [1.165, 1.54) is 6.33 Å². The molecule has 2 aromatic rings. The van der Waals surface area contributed by atoms with Gasteiger partial charge in [0, 0.05) is 12.7 Å². The summed E-state index contributed by atoms with van der Waals surface area (Å²) in [7, 11) is 1.90. The van der Waals surface area contributed by atoms with Crippen LogP contribution in [0.3, 0.4) is 0 Å². The summed E-state index contributed by atoms with van der Waals surface area (Å²) in [5.41, 5.74) is 7.84. The van der Waals surface area contributed by atoms with Crippen LogP contribution in [0.2, 0.25) is 5.02 Å². The number of para-hydroxylation sites is 1. The third kappa shape index (κ3) is 2.17. The predicted octanol–water partition coefficient (Wildman–Crippen LogP) is 2.79. The molecule has 1 heterocycles. The summed E-state index contributed by atoms with van der Waals surface area (Å²) in [5, 5.41) is 0.373. The van der Waals surface area contributed by atoms with Crippen LogP contribution >= 0.6 is 11.6 Å². The van der Waals surface area contributed by atoms with E-state index in [1.807, 2.05) is 43.1 Å². The molecule has 0 spiro atoms. The molecule has 1 aromatic carbocycles. The van der Waals surface area contributed by atoms with E-state index in [9.17, 15) is 0 Å². The summed E-state index contributed by atoms with van der Waals surface area (Å²) in [6.07, 6.45) is 1.41. The fourth-order valence-electron chi connectivity index (χ4n) is 1.66. The number of anilines is 3. The van der Waals surface area contributed by atoms with E-state index in [2.05, 4.69) is 9.97 Å². The molecule has 17 heavy (non-hydrogen) atoms. The summed E-state index contributed by atoms with van der Waals surface area (Å²) in [4.78, 5) is 9.90. The van der Waals surface area contributed by atoms with Crippen molar-refractivity contribution in [3.8, 4) is 0 Å². The number of aryl methyl sites for hydroxylation is 1. The topological polar surface area (TPSA) is 55.0 Å². The largest absolute Gasteiger partial charge is 0.382 e. The summed E-state index contributed by atoms with van der Waals surface area (Å²) in [6.45, 7) is 2.03. The molecule has 0 unspecified atom stereocenters. The highest BCUT2D eigenvalue weighted by molar-refractivity contribution is 6.35. The van der Waals surface area contributed by atoms with Gasteiger partial charge in [-0.05, 0) is 18.6 Å². The lowest BCUT2D eigenvalue weighted by Gasteiger charge is -2.21. The van der Waals surface area contributed by atoms with Gasteiger partial charge in [0.2, 0.25) is 0 Å². The lowest BCUT2D eigenvalue weighted by Crippen LogP contribution is -2.14. The second-order valence-corrected chi connectivity index (χ2v) is 4.12. The molecular formula is C12H13ClN4. The average molecular weight is 249 g/mol. The van der Waals surface area contributed by atoms with E-state index in [1.54, 1.807) is 0 Å². The quantitative estimate of drug-likeness (QED) is 0.888. The minimum atomic E-state index is 0.289. The van der Waals surface area contributed by atoms with Crippen LogP contribution in [0.1, 0.15) is 5.56 Å².